The number of hydrogen-bond acceptors (Lipinski definition) is 5. The Balaban J connectivity index is 1.51. The first-order valence-corrected chi connectivity index (χ1v) is 12.7. The SMILES string of the molecule is COc1ccc(NC(=O)c2ccc(S(=O)(=O)N3CCCCC3C)cc2)cc1N1CCCC1=O. The molecule has 9 heteroatoms. The van der Waals surface area contributed by atoms with Gasteiger partial charge in [0.15, 0.2) is 0 Å². The number of ether oxygens (including phenoxy) is 1. The standard InChI is InChI=1S/C24H29N3O5S/c1-17-6-3-4-15-27(17)33(30,31)20-11-8-18(9-12-20)24(29)25-19-10-13-22(32-2)21(16-19)26-14-5-7-23(26)28/h8-13,16-17H,3-7,14-15H2,1-2H3,(H,25,29). The van der Waals surface area contributed by atoms with Gasteiger partial charge in [-0.1, -0.05) is 6.42 Å². The van der Waals surface area contributed by atoms with E-state index in [4.69, 9.17) is 4.74 Å². The van der Waals surface area contributed by atoms with E-state index in [1.165, 1.54) is 31.4 Å². The molecule has 8 nitrogen and oxygen atoms in total. The Bertz CT molecular complexity index is 1150. The van der Waals surface area contributed by atoms with E-state index in [1.54, 1.807) is 27.4 Å². The Morgan fingerprint density at radius 1 is 1.06 bits per heavy atom. The molecule has 1 unspecified atom stereocenters. The number of benzene rings is 2. The molecule has 1 N–H and O–H groups in total. The summed E-state index contributed by atoms with van der Waals surface area (Å²) in [4.78, 5) is 26.8. The van der Waals surface area contributed by atoms with Gasteiger partial charge in [0.2, 0.25) is 15.9 Å². The van der Waals surface area contributed by atoms with Crippen molar-refractivity contribution in [1.82, 2.24) is 4.31 Å². The first-order valence-electron chi connectivity index (χ1n) is 11.2. The topological polar surface area (TPSA) is 96.0 Å². The third-order valence-electron chi connectivity index (χ3n) is 6.27. The van der Waals surface area contributed by atoms with Crippen LogP contribution in [0.3, 0.4) is 0 Å². The van der Waals surface area contributed by atoms with Crippen molar-refractivity contribution in [1.29, 1.82) is 0 Å². The third kappa shape index (κ3) is 4.74. The van der Waals surface area contributed by atoms with Crippen LogP contribution in [0.1, 0.15) is 49.4 Å². The van der Waals surface area contributed by atoms with Gasteiger partial charge >= 0.3 is 0 Å². The normalized spacial score (nSPS) is 19.5. The quantitative estimate of drug-likeness (QED) is 0.694. The van der Waals surface area contributed by atoms with Crippen LogP contribution in [-0.2, 0) is 14.8 Å². The molecule has 0 saturated carbocycles. The number of nitrogens with one attached hydrogen (secondary N) is 1. The fourth-order valence-electron chi connectivity index (χ4n) is 4.43. The average Bonchev–Trinajstić information content (AvgIpc) is 3.25. The van der Waals surface area contributed by atoms with Crippen LogP contribution in [0, 0.1) is 0 Å². The molecule has 1 atom stereocenters. The van der Waals surface area contributed by atoms with Crippen LogP contribution in [0.5, 0.6) is 5.75 Å². The summed E-state index contributed by atoms with van der Waals surface area (Å²) in [5.41, 5.74) is 1.49. The molecular formula is C24H29N3O5S. The Kier molecular flexibility index (Phi) is 6.71. The molecule has 176 valence electrons. The second kappa shape index (κ2) is 9.52. The van der Waals surface area contributed by atoms with Crippen LogP contribution >= 0.6 is 0 Å². The van der Waals surface area contributed by atoms with Crippen LogP contribution in [0.2, 0.25) is 0 Å². The summed E-state index contributed by atoms with van der Waals surface area (Å²) in [5, 5.41) is 2.82. The van der Waals surface area contributed by atoms with Crippen LogP contribution < -0.4 is 15.0 Å². The van der Waals surface area contributed by atoms with Crippen LogP contribution in [-0.4, -0.2) is 50.8 Å². The maximum absolute atomic E-state index is 13.0. The molecule has 2 aliphatic rings. The summed E-state index contributed by atoms with van der Waals surface area (Å²) < 4.78 is 32.9. The highest BCUT2D eigenvalue weighted by molar-refractivity contribution is 7.89. The zero-order valence-corrected chi connectivity index (χ0v) is 19.7. The molecule has 0 aromatic heterocycles. The lowest BCUT2D eigenvalue weighted by molar-refractivity contribution is -0.117. The summed E-state index contributed by atoms with van der Waals surface area (Å²) in [6, 6.07) is 11.1. The summed E-state index contributed by atoms with van der Waals surface area (Å²) in [6.45, 7) is 3.06. The number of piperidine rings is 1. The van der Waals surface area contributed by atoms with E-state index in [1.807, 2.05) is 6.92 Å². The Labute approximate surface area is 194 Å². The Hall–Kier alpha value is -2.91. The minimum atomic E-state index is -3.59. The van der Waals surface area contributed by atoms with E-state index in [-0.39, 0.29) is 22.8 Å². The van der Waals surface area contributed by atoms with Gasteiger partial charge in [0, 0.05) is 36.8 Å². The molecule has 0 aliphatic carbocycles. The highest BCUT2D eigenvalue weighted by atomic mass is 32.2. The third-order valence-corrected chi connectivity index (χ3v) is 8.29. The molecule has 0 bridgehead atoms. The van der Waals surface area contributed by atoms with Gasteiger partial charge in [-0.25, -0.2) is 8.42 Å². The number of nitrogens with zero attached hydrogens (tertiary/aromatic N) is 2. The molecule has 2 amide bonds. The fraction of sp³-hybridized carbons (Fsp3) is 0.417. The van der Waals surface area contributed by atoms with Crippen molar-refractivity contribution in [2.24, 2.45) is 0 Å². The predicted octanol–water partition coefficient (Wildman–Crippen LogP) is 3.64. The van der Waals surface area contributed by atoms with E-state index in [0.717, 1.165) is 25.7 Å². The molecule has 2 fully saturated rings. The molecule has 2 aromatic rings. The van der Waals surface area contributed by atoms with Crippen LogP contribution in [0.4, 0.5) is 11.4 Å². The number of hydrogen-bond donors (Lipinski definition) is 1. The number of sulfonamides is 1. The smallest absolute Gasteiger partial charge is 0.255 e. The number of carbonyl (C=O) groups excluding carboxylic acids is 2. The summed E-state index contributed by atoms with van der Waals surface area (Å²) in [6.07, 6.45) is 4.02. The lowest BCUT2D eigenvalue weighted by Gasteiger charge is -2.32. The van der Waals surface area contributed by atoms with Crippen molar-refractivity contribution in [3.05, 3.63) is 48.0 Å². The molecular weight excluding hydrogens is 442 g/mol. The summed E-state index contributed by atoms with van der Waals surface area (Å²) in [5.74, 6) is 0.218. The first-order chi connectivity index (χ1) is 15.8. The summed E-state index contributed by atoms with van der Waals surface area (Å²) >= 11 is 0. The number of amides is 2. The van der Waals surface area contributed by atoms with Crippen molar-refractivity contribution in [3.63, 3.8) is 0 Å². The van der Waals surface area contributed by atoms with E-state index < -0.39 is 10.0 Å². The monoisotopic (exact) mass is 471 g/mol. The lowest BCUT2D eigenvalue weighted by atomic mass is 10.1. The number of rotatable bonds is 6. The predicted molar refractivity (Wildman–Crippen MR) is 126 cm³/mol. The van der Waals surface area contributed by atoms with E-state index in [0.29, 0.717) is 42.2 Å². The zero-order valence-electron chi connectivity index (χ0n) is 18.9. The van der Waals surface area contributed by atoms with Gasteiger partial charge in [-0.2, -0.15) is 4.31 Å². The largest absolute Gasteiger partial charge is 0.495 e. The van der Waals surface area contributed by atoms with E-state index in [2.05, 4.69) is 5.32 Å². The van der Waals surface area contributed by atoms with Gasteiger partial charge in [0.05, 0.1) is 17.7 Å². The van der Waals surface area contributed by atoms with E-state index in [9.17, 15) is 18.0 Å². The minimum absolute atomic E-state index is 0.0246. The van der Waals surface area contributed by atoms with Crippen molar-refractivity contribution in [2.45, 2.75) is 50.0 Å². The highest BCUT2D eigenvalue weighted by Crippen LogP contribution is 2.34. The van der Waals surface area contributed by atoms with Gasteiger partial charge in [-0.15, -0.1) is 0 Å². The Morgan fingerprint density at radius 2 is 1.82 bits per heavy atom. The second-order valence-corrected chi connectivity index (χ2v) is 10.4. The average molecular weight is 472 g/mol. The lowest BCUT2D eigenvalue weighted by Crippen LogP contribution is -2.41. The van der Waals surface area contributed by atoms with Gasteiger partial charge in [0.25, 0.3) is 5.91 Å². The molecule has 2 saturated heterocycles. The number of carbonyl (C=O) groups is 2. The van der Waals surface area contributed by atoms with Crippen LogP contribution in [0.25, 0.3) is 0 Å². The molecule has 2 aliphatic heterocycles. The van der Waals surface area contributed by atoms with Crippen molar-refractivity contribution in [3.8, 4) is 5.75 Å². The zero-order chi connectivity index (χ0) is 23.6. The molecule has 33 heavy (non-hydrogen) atoms. The second-order valence-electron chi connectivity index (χ2n) is 8.47. The van der Waals surface area contributed by atoms with Gasteiger partial charge < -0.3 is 15.0 Å². The van der Waals surface area contributed by atoms with Crippen LogP contribution in [0.15, 0.2) is 47.4 Å². The molecule has 2 heterocycles. The van der Waals surface area contributed by atoms with Crippen molar-refractivity contribution >= 4 is 33.2 Å². The fourth-order valence-corrected chi connectivity index (χ4v) is 6.13. The number of methoxy groups -OCH3 is 1. The Morgan fingerprint density at radius 3 is 2.45 bits per heavy atom. The maximum Gasteiger partial charge on any atom is 0.255 e. The van der Waals surface area contributed by atoms with Gasteiger partial charge in [-0.05, 0) is 68.7 Å². The maximum atomic E-state index is 13.0. The minimum Gasteiger partial charge on any atom is -0.495 e. The molecule has 0 radical (unpaired) electrons. The van der Waals surface area contributed by atoms with Crippen molar-refractivity contribution < 1.29 is 22.7 Å². The first kappa shape index (κ1) is 23.3. The number of anilines is 2. The molecule has 4 rings (SSSR count). The molecule has 0 spiro atoms. The van der Waals surface area contributed by atoms with Gasteiger partial charge in [-0.3, -0.25) is 9.59 Å². The highest BCUT2D eigenvalue weighted by Gasteiger charge is 2.31. The van der Waals surface area contributed by atoms with E-state index >= 15 is 0 Å². The summed E-state index contributed by atoms with van der Waals surface area (Å²) in [7, 11) is -2.05. The van der Waals surface area contributed by atoms with Crippen molar-refractivity contribution in [2.75, 3.05) is 30.4 Å². The molecule has 2 aromatic carbocycles. The van der Waals surface area contributed by atoms with Gasteiger partial charge in [0.1, 0.15) is 5.75 Å².